The van der Waals surface area contributed by atoms with Crippen LogP contribution in [0.5, 0.6) is 5.75 Å². The smallest absolute Gasteiger partial charge is 0.345 e. The van der Waals surface area contributed by atoms with Gasteiger partial charge >= 0.3 is 11.9 Å². The molecule has 0 spiro atoms. The fourth-order valence-electron chi connectivity index (χ4n) is 2.86. The molecule has 0 amide bonds. The number of aromatic carboxylic acids is 1. The van der Waals surface area contributed by atoms with Crippen molar-refractivity contribution in [2.75, 3.05) is 13.7 Å². The number of carbonyl (C=O) groups is 2. The van der Waals surface area contributed by atoms with E-state index in [9.17, 15) is 14.7 Å². The van der Waals surface area contributed by atoms with Gasteiger partial charge in [-0.15, -0.1) is 11.3 Å². The first-order valence-corrected chi connectivity index (χ1v) is 12.7. The highest BCUT2D eigenvalue weighted by Gasteiger charge is 2.31. The summed E-state index contributed by atoms with van der Waals surface area (Å²) in [6.45, 7) is 5.21. The Balaban J connectivity index is 1.81. The van der Waals surface area contributed by atoms with Crippen LogP contribution in [0.3, 0.4) is 0 Å². The third-order valence-electron chi connectivity index (χ3n) is 4.97. The molecule has 1 heterocycles. The number of hydrogen-bond donors (Lipinski definition) is 2. The average molecular weight is 508 g/mol. The number of para-hydroxylation sites is 1. The van der Waals surface area contributed by atoms with E-state index in [2.05, 4.69) is 5.09 Å². The van der Waals surface area contributed by atoms with Crippen molar-refractivity contribution < 1.29 is 33.1 Å². The number of rotatable bonds is 11. The van der Waals surface area contributed by atoms with Crippen molar-refractivity contribution in [3.63, 3.8) is 0 Å². The lowest BCUT2D eigenvalue weighted by Gasteiger charge is -2.27. The minimum absolute atomic E-state index is 0.0472. The number of ether oxygens (including phenoxy) is 2. The minimum atomic E-state index is -2.01. The Hall–Kier alpha value is -2.58. The molecule has 0 aliphatic carbocycles. The van der Waals surface area contributed by atoms with E-state index in [4.69, 9.17) is 14.0 Å². The lowest BCUT2D eigenvalue weighted by atomic mass is 10.1. The Labute approximate surface area is 202 Å². The third-order valence-corrected chi connectivity index (χ3v) is 7.83. The summed E-state index contributed by atoms with van der Waals surface area (Å²) in [6, 6.07) is 14.3. The van der Waals surface area contributed by atoms with Gasteiger partial charge in [0, 0.05) is 11.8 Å². The van der Waals surface area contributed by atoms with Crippen molar-refractivity contribution in [3.8, 4) is 5.75 Å². The molecule has 0 saturated carbocycles. The summed E-state index contributed by atoms with van der Waals surface area (Å²) in [4.78, 5) is 24.0. The molecule has 3 atom stereocenters. The summed E-state index contributed by atoms with van der Waals surface area (Å²) in [6.07, 6.45) is 0. The SMILES string of the molecule is COC(C)(C)COC(=O)[C@H](C)NP(Oc1ccccc1)[C@@H](F)c1ccc2sc(C(=O)O)cc2c1. The highest BCUT2D eigenvalue weighted by Crippen LogP contribution is 2.51. The Kier molecular flexibility index (Phi) is 8.60. The van der Waals surface area contributed by atoms with Crippen LogP contribution in [0.15, 0.2) is 54.6 Å². The summed E-state index contributed by atoms with van der Waals surface area (Å²) in [7, 11) is -0.484. The second-order valence-corrected chi connectivity index (χ2v) is 10.8. The van der Waals surface area contributed by atoms with E-state index >= 15 is 4.39 Å². The molecule has 10 heteroatoms. The van der Waals surface area contributed by atoms with Crippen molar-refractivity contribution in [1.29, 1.82) is 0 Å². The maximum Gasteiger partial charge on any atom is 0.345 e. The molecule has 1 unspecified atom stereocenters. The van der Waals surface area contributed by atoms with Crippen LogP contribution in [0, 0.1) is 0 Å². The van der Waals surface area contributed by atoms with Crippen LogP contribution in [0.25, 0.3) is 10.1 Å². The summed E-state index contributed by atoms with van der Waals surface area (Å²) >= 11 is 1.13. The lowest BCUT2D eigenvalue weighted by molar-refractivity contribution is -0.152. The molecule has 1 aromatic heterocycles. The molecule has 0 aliphatic rings. The molecule has 0 saturated heterocycles. The number of methoxy groups -OCH3 is 1. The van der Waals surface area contributed by atoms with Gasteiger partial charge in [-0.05, 0) is 62.1 Å². The summed E-state index contributed by atoms with van der Waals surface area (Å²) in [5, 5.41) is 12.8. The highest BCUT2D eigenvalue weighted by molar-refractivity contribution is 7.51. The summed E-state index contributed by atoms with van der Waals surface area (Å²) in [5.74, 6) is -2.73. The van der Waals surface area contributed by atoms with Gasteiger partial charge < -0.3 is 19.1 Å². The van der Waals surface area contributed by atoms with Crippen molar-refractivity contribution in [2.24, 2.45) is 0 Å². The normalized spacial score (nSPS) is 14.4. The molecule has 2 N–H and O–H groups in total. The molecule has 0 fully saturated rings. The van der Waals surface area contributed by atoms with Crippen molar-refractivity contribution in [2.45, 2.75) is 38.3 Å². The first kappa shape index (κ1) is 26.0. The first-order valence-electron chi connectivity index (χ1n) is 10.5. The Morgan fingerprint density at radius 1 is 1.18 bits per heavy atom. The largest absolute Gasteiger partial charge is 0.477 e. The number of nitrogens with one attached hydrogen (secondary N) is 1. The van der Waals surface area contributed by atoms with Gasteiger partial charge in [-0.25, -0.2) is 14.3 Å². The van der Waals surface area contributed by atoms with E-state index in [0.29, 0.717) is 16.7 Å². The standard InChI is InChI=1S/C24H27FNO6PS/c1-15(23(29)31-14-24(2,3)30-4)26-33(32-18-8-6-5-7-9-18)21(25)16-10-11-19-17(12-16)13-20(34-19)22(27)28/h5-13,15,21,26H,14H2,1-4H3,(H,27,28)/t15-,21+,33?/m0/s1. The maximum atomic E-state index is 15.8. The van der Waals surface area contributed by atoms with Crippen LogP contribution in [0.2, 0.25) is 0 Å². The molecule has 0 radical (unpaired) electrons. The number of benzene rings is 2. The zero-order valence-electron chi connectivity index (χ0n) is 19.3. The Bertz CT molecular complexity index is 1140. The van der Waals surface area contributed by atoms with Gasteiger partial charge in [0.05, 0.1) is 5.60 Å². The highest BCUT2D eigenvalue weighted by atomic mass is 32.1. The van der Waals surface area contributed by atoms with Gasteiger partial charge in [0.15, 0.2) is 5.91 Å². The minimum Gasteiger partial charge on any atom is -0.477 e. The summed E-state index contributed by atoms with van der Waals surface area (Å²) < 4.78 is 33.1. The second kappa shape index (κ2) is 11.2. The van der Waals surface area contributed by atoms with E-state index in [0.717, 1.165) is 16.0 Å². The van der Waals surface area contributed by atoms with Gasteiger partial charge in [0.25, 0.3) is 0 Å². The van der Waals surface area contributed by atoms with Crippen molar-refractivity contribution >= 4 is 41.7 Å². The zero-order chi connectivity index (χ0) is 24.9. The molecule has 182 valence electrons. The van der Waals surface area contributed by atoms with Gasteiger partial charge in [0.1, 0.15) is 23.3 Å². The van der Waals surface area contributed by atoms with E-state index in [1.807, 2.05) is 6.07 Å². The monoisotopic (exact) mass is 507 g/mol. The van der Waals surface area contributed by atoms with Crippen LogP contribution in [0.4, 0.5) is 4.39 Å². The maximum absolute atomic E-state index is 15.8. The number of fused-ring (bicyclic) bond motifs is 1. The number of carboxylic acids is 1. The number of hydrogen-bond acceptors (Lipinski definition) is 7. The van der Waals surface area contributed by atoms with Gasteiger partial charge in [-0.3, -0.25) is 4.79 Å². The molecule has 0 bridgehead atoms. The van der Waals surface area contributed by atoms with Crippen LogP contribution < -0.4 is 9.61 Å². The molecular formula is C24H27FNO6PS. The first-order chi connectivity index (χ1) is 16.1. The number of thiophene rings is 1. The van der Waals surface area contributed by atoms with Gasteiger partial charge in [-0.2, -0.15) is 0 Å². The molecule has 34 heavy (non-hydrogen) atoms. The topological polar surface area (TPSA) is 94.1 Å². The lowest BCUT2D eigenvalue weighted by Crippen LogP contribution is -2.38. The second-order valence-electron chi connectivity index (χ2n) is 8.20. The van der Waals surface area contributed by atoms with E-state index in [1.165, 1.54) is 13.2 Å². The predicted octanol–water partition coefficient (Wildman–Crippen LogP) is 5.90. The third kappa shape index (κ3) is 6.73. The van der Waals surface area contributed by atoms with Crippen LogP contribution in [-0.2, 0) is 14.3 Å². The van der Waals surface area contributed by atoms with Gasteiger partial charge in [0.2, 0.25) is 8.30 Å². The van der Waals surface area contributed by atoms with Crippen molar-refractivity contribution in [3.05, 3.63) is 65.0 Å². The van der Waals surface area contributed by atoms with Crippen LogP contribution in [-0.4, -0.2) is 42.4 Å². The number of alkyl halides is 1. The van der Waals surface area contributed by atoms with Gasteiger partial charge in [-0.1, -0.05) is 24.3 Å². The quantitative estimate of drug-likeness (QED) is 0.246. The molecule has 2 aromatic carbocycles. The number of carbonyl (C=O) groups excluding carboxylic acids is 1. The van der Waals surface area contributed by atoms with Crippen LogP contribution >= 0.6 is 19.6 Å². The van der Waals surface area contributed by atoms with Crippen molar-refractivity contribution in [1.82, 2.24) is 5.09 Å². The van der Waals surface area contributed by atoms with E-state index < -0.39 is 37.8 Å². The molecule has 3 aromatic rings. The predicted molar refractivity (Wildman–Crippen MR) is 131 cm³/mol. The van der Waals surface area contributed by atoms with E-state index in [1.54, 1.807) is 63.2 Å². The van der Waals surface area contributed by atoms with Crippen LogP contribution in [0.1, 0.15) is 41.9 Å². The average Bonchev–Trinajstić information content (AvgIpc) is 3.26. The molecule has 7 nitrogen and oxygen atoms in total. The van der Waals surface area contributed by atoms with E-state index in [-0.39, 0.29) is 11.5 Å². The Morgan fingerprint density at radius 3 is 2.53 bits per heavy atom. The zero-order valence-corrected chi connectivity index (χ0v) is 21.0. The molecular weight excluding hydrogens is 480 g/mol. The Morgan fingerprint density at radius 2 is 1.88 bits per heavy atom. The molecule has 3 rings (SSSR count). The number of carboxylic acid groups (broad SMARTS) is 1. The fourth-order valence-corrected chi connectivity index (χ4v) is 5.28. The number of esters is 1. The fraction of sp³-hybridized carbons (Fsp3) is 0.333. The summed E-state index contributed by atoms with van der Waals surface area (Å²) in [5.41, 5.74) is -0.327. The number of halogens is 1. The molecule has 0 aliphatic heterocycles.